The highest BCUT2D eigenvalue weighted by Crippen LogP contribution is 2.41. The molecule has 5 rings (SSSR count). The lowest BCUT2D eigenvalue weighted by atomic mass is 9.71. The van der Waals surface area contributed by atoms with Gasteiger partial charge in [0.15, 0.2) is 6.29 Å². The van der Waals surface area contributed by atoms with Gasteiger partial charge in [-0.15, -0.1) is 0 Å². The van der Waals surface area contributed by atoms with Crippen molar-refractivity contribution < 1.29 is 19.1 Å². The van der Waals surface area contributed by atoms with Crippen molar-refractivity contribution in [2.75, 3.05) is 39.4 Å². The first kappa shape index (κ1) is 20.8. The molecule has 2 amide bonds. The Labute approximate surface area is 183 Å². The van der Waals surface area contributed by atoms with Gasteiger partial charge in [0.05, 0.1) is 13.2 Å². The number of hydrogen-bond acceptors (Lipinski definition) is 6. The van der Waals surface area contributed by atoms with E-state index in [1.807, 2.05) is 17.0 Å². The second kappa shape index (κ2) is 9.22. The van der Waals surface area contributed by atoms with Gasteiger partial charge in [-0.2, -0.15) is 0 Å². The normalized spacial score (nSPS) is 31.5. The molecule has 1 N–H and O–H groups in total. The van der Waals surface area contributed by atoms with Crippen molar-refractivity contribution in [3.8, 4) is 0 Å². The zero-order valence-electron chi connectivity index (χ0n) is 17.9. The van der Waals surface area contributed by atoms with E-state index in [1.54, 1.807) is 12.4 Å². The zero-order valence-corrected chi connectivity index (χ0v) is 17.9. The SMILES string of the molecule is O=C(NCCc1ccncc1)[C@H]1[C@@H]2C[C@@H](CN(CC3OCCO3)C2)[C@@H]2CCCC(=O)N21. The minimum absolute atomic E-state index is 0.00651. The van der Waals surface area contributed by atoms with Crippen LogP contribution in [-0.4, -0.2) is 84.4 Å². The van der Waals surface area contributed by atoms with Crippen molar-refractivity contribution in [2.45, 2.75) is 50.5 Å². The number of piperidine rings is 3. The monoisotopic (exact) mass is 428 g/mol. The summed E-state index contributed by atoms with van der Waals surface area (Å²) in [6.07, 6.45) is 7.61. The zero-order chi connectivity index (χ0) is 21.2. The summed E-state index contributed by atoms with van der Waals surface area (Å²) < 4.78 is 11.3. The molecule has 8 heteroatoms. The summed E-state index contributed by atoms with van der Waals surface area (Å²) in [5, 5.41) is 3.12. The molecule has 0 spiro atoms. The number of hydrogen-bond donors (Lipinski definition) is 1. The Bertz CT molecular complexity index is 785. The molecule has 0 aliphatic carbocycles. The molecule has 5 heterocycles. The Hall–Kier alpha value is -2.03. The molecule has 0 radical (unpaired) electrons. The van der Waals surface area contributed by atoms with Crippen LogP contribution in [0.5, 0.6) is 0 Å². The van der Waals surface area contributed by atoms with Crippen LogP contribution in [0.3, 0.4) is 0 Å². The topological polar surface area (TPSA) is 84.0 Å². The minimum Gasteiger partial charge on any atom is -0.354 e. The molecule has 8 nitrogen and oxygen atoms in total. The number of rotatable bonds is 6. The molecular weight excluding hydrogens is 396 g/mol. The van der Waals surface area contributed by atoms with E-state index < -0.39 is 0 Å². The number of nitrogens with zero attached hydrogens (tertiary/aromatic N) is 3. The third-order valence-corrected chi connectivity index (χ3v) is 7.25. The highest BCUT2D eigenvalue weighted by molar-refractivity contribution is 5.89. The molecule has 4 aliphatic rings. The molecule has 31 heavy (non-hydrogen) atoms. The van der Waals surface area contributed by atoms with Gasteiger partial charge in [-0.1, -0.05) is 0 Å². The Kier molecular flexibility index (Phi) is 6.20. The third kappa shape index (κ3) is 4.47. The summed E-state index contributed by atoms with van der Waals surface area (Å²) >= 11 is 0. The van der Waals surface area contributed by atoms with Gasteiger partial charge in [0, 0.05) is 57.0 Å². The fourth-order valence-electron chi connectivity index (χ4n) is 5.95. The molecule has 168 valence electrons. The van der Waals surface area contributed by atoms with Crippen LogP contribution in [0.15, 0.2) is 24.5 Å². The Morgan fingerprint density at radius 2 is 1.94 bits per heavy atom. The van der Waals surface area contributed by atoms with E-state index >= 15 is 0 Å². The molecule has 4 saturated heterocycles. The van der Waals surface area contributed by atoms with Crippen molar-refractivity contribution in [2.24, 2.45) is 11.8 Å². The molecule has 4 atom stereocenters. The van der Waals surface area contributed by atoms with Crippen molar-refractivity contribution in [1.82, 2.24) is 20.1 Å². The van der Waals surface area contributed by atoms with E-state index in [-0.39, 0.29) is 36.1 Å². The van der Waals surface area contributed by atoms with Gasteiger partial charge in [-0.25, -0.2) is 0 Å². The molecule has 2 bridgehead atoms. The molecular formula is C23H32N4O4. The van der Waals surface area contributed by atoms with Crippen LogP contribution in [0, 0.1) is 11.8 Å². The predicted octanol–water partition coefficient (Wildman–Crippen LogP) is 0.815. The van der Waals surface area contributed by atoms with Crippen LogP contribution < -0.4 is 5.32 Å². The van der Waals surface area contributed by atoms with Gasteiger partial charge in [0.1, 0.15) is 6.04 Å². The average molecular weight is 429 g/mol. The van der Waals surface area contributed by atoms with Crippen molar-refractivity contribution >= 4 is 11.8 Å². The van der Waals surface area contributed by atoms with Gasteiger partial charge in [0.2, 0.25) is 11.8 Å². The van der Waals surface area contributed by atoms with E-state index in [0.717, 1.165) is 50.9 Å². The van der Waals surface area contributed by atoms with Crippen LogP contribution in [0.1, 0.15) is 31.2 Å². The van der Waals surface area contributed by atoms with Crippen molar-refractivity contribution in [3.63, 3.8) is 0 Å². The van der Waals surface area contributed by atoms with Gasteiger partial charge in [0.25, 0.3) is 0 Å². The maximum atomic E-state index is 13.4. The second-order valence-electron chi connectivity index (χ2n) is 9.25. The summed E-state index contributed by atoms with van der Waals surface area (Å²) in [4.78, 5) is 34.7. The lowest BCUT2D eigenvalue weighted by molar-refractivity contribution is -0.162. The van der Waals surface area contributed by atoms with Gasteiger partial charge in [-0.3, -0.25) is 19.5 Å². The van der Waals surface area contributed by atoms with E-state index in [0.29, 0.717) is 32.1 Å². The molecule has 1 aromatic rings. The first-order valence-corrected chi connectivity index (χ1v) is 11.6. The van der Waals surface area contributed by atoms with E-state index in [9.17, 15) is 9.59 Å². The van der Waals surface area contributed by atoms with Crippen molar-refractivity contribution in [3.05, 3.63) is 30.1 Å². The predicted molar refractivity (Wildman–Crippen MR) is 113 cm³/mol. The smallest absolute Gasteiger partial charge is 0.243 e. The average Bonchev–Trinajstić information content (AvgIpc) is 3.28. The number of ether oxygens (including phenoxy) is 2. The Morgan fingerprint density at radius 1 is 1.16 bits per heavy atom. The molecule has 0 saturated carbocycles. The third-order valence-electron chi connectivity index (χ3n) is 7.25. The lowest BCUT2D eigenvalue weighted by Crippen LogP contribution is -2.68. The summed E-state index contributed by atoms with van der Waals surface area (Å²) in [5.74, 6) is 0.716. The highest BCUT2D eigenvalue weighted by atomic mass is 16.7. The summed E-state index contributed by atoms with van der Waals surface area (Å²) in [5.41, 5.74) is 1.14. The molecule has 4 fully saturated rings. The Morgan fingerprint density at radius 3 is 2.74 bits per heavy atom. The maximum Gasteiger partial charge on any atom is 0.243 e. The van der Waals surface area contributed by atoms with E-state index in [1.165, 1.54) is 0 Å². The van der Waals surface area contributed by atoms with E-state index in [4.69, 9.17) is 9.47 Å². The fourth-order valence-corrected chi connectivity index (χ4v) is 5.95. The number of carbonyl (C=O) groups is 2. The largest absolute Gasteiger partial charge is 0.354 e. The number of nitrogens with one attached hydrogen (secondary N) is 1. The number of amides is 2. The molecule has 4 aliphatic heterocycles. The Balaban J connectivity index is 1.28. The molecule has 1 aromatic heterocycles. The van der Waals surface area contributed by atoms with Gasteiger partial charge >= 0.3 is 0 Å². The van der Waals surface area contributed by atoms with Crippen LogP contribution >= 0.6 is 0 Å². The van der Waals surface area contributed by atoms with Crippen LogP contribution in [-0.2, 0) is 25.5 Å². The van der Waals surface area contributed by atoms with Crippen molar-refractivity contribution in [1.29, 1.82) is 0 Å². The van der Waals surface area contributed by atoms with Gasteiger partial charge < -0.3 is 19.7 Å². The van der Waals surface area contributed by atoms with Crippen LogP contribution in [0.25, 0.3) is 0 Å². The summed E-state index contributed by atoms with van der Waals surface area (Å²) in [7, 11) is 0. The molecule has 0 aromatic carbocycles. The number of likely N-dealkylation sites (tertiary alicyclic amines) is 1. The first-order chi connectivity index (χ1) is 15.2. The summed E-state index contributed by atoms with van der Waals surface area (Å²) in [6.45, 7) is 4.36. The lowest BCUT2D eigenvalue weighted by Gasteiger charge is -2.56. The fraction of sp³-hybridized carbons (Fsp3) is 0.696. The second-order valence-corrected chi connectivity index (χ2v) is 9.25. The number of carbonyl (C=O) groups excluding carboxylic acids is 2. The maximum absolute atomic E-state index is 13.4. The van der Waals surface area contributed by atoms with Crippen LogP contribution in [0.4, 0.5) is 0 Å². The number of pyridine rings is 1. The number of aromatic nitrogens is 1. The van der Waals surface area contributed by atoms with Crippen LogP contribution in [0.2, 0.25) is 0 Å². The minimum atomic E-state index is -0.375. The van der Waals surface area contributed by atoms with Gasteiger partial charge in [-0.05, 0) is 49.3 Å². The number of fused-ring (bicyclic) bond motifs is 4. The summed E-state index contributed by atoms with van der Waals surface area (Å²) in [6, 6.07) is 3.72. The quantitative estimate of drug-likeness (QED) is 0.722. The first-order valence-electron chi connectivity index (χ1n) is 11.6. The standard InChI is InChI=1S/C23H32N4O4/c28-20-3-1-2-19-17-12-18(14-26(13-17)15-21-30-10-11-31-21)22(27(19)20)23(29)25-9-6-16-4-7-24-8-5-16/h4-5,7-8,17-19,21-22H,1-3,6,9-15H2,(H,25,29)/t17-,18+,19-,22+/m0/s1. The van der Waals surface area contributed by atoms with E-state index in [2.05, 4.69) is 15.2 Å². The highest BCUT2D eigenvalue weighted by Gasteiger charge is 2.52. The molecule has 0 unspecified atom stereocenters.